The van der Waals surface area contributed by atoms with Crippen molar-refractivity contribution in [2.24, 2.45) is 52.3 Å². The van der Waals surface area contributed by atoms with Crippen LogP contribution in [-0.4, -0.2) is 49.4 Å². The summed E-state index contributed by atoms with van der Waals surface area (Å²) in [5.41, 5.74) is -0.340. The average molecular weight is 625 g/mol. The molecule has 40 heavy (non-hydrogen) atoms. The van der Waals surface area contributed by atoms with Crippen molar-refractivity contribution < 1.29 is 98.5 Å². The molecule has 0 aromatic rings. The first-order valence-corrected chi connectivity index (χ1v) is 17.1. The van der Waals surface area contributed by atoms with Gasteiger partial charge in [0, 0.05) is 0 Å². The van der Waals surface area contributed by atoms with Crippen molar-refractivity contribution in [3.05, 3.63) is 0 Å². The minimum absolute atomic E-state index is 0. The predicted octanol–water partition coefficient (Wildman–Crippen LogP) is -1.61. The van der Waals surface area contributed by atoms with Gasteiger partial charge in [-0.05, 0) is 116 Å². The van der Waals surface area contributed by atoms with E-state index < -0.39 is 38.9 Å². The summed E-state index contributed by atoms with van der Waals surface area (Å²) in [6, 6.07) is 0. The normalized spacial score (nSPS) is 41.1. The van der Waals surface area contributed by atoms with Crippen LogP contribution in [0.5, 0.6) is 0 Å². The number of aliphatic hydroxyl groups excluding tert-OH is 1. The zero-order valence-corrected chi connectivity index (χ0v) is 31.0. The second-order valence-corrected chi connectivity index (χ2v) is 15.8. The number of aliphatic hydroxyl groups is 1. The third-order valence-electron chi connectivity index (χ3n) is 11.5. The van der Waals surface area contributed by atoms with Crippen molar-refractivity contribution in [3.63, 3.8) is 0 Å². The molecule has 11 atom stereocenters. The van der Waals surface area contributed by atoms with E-state index in [-0.39, 0.29) is 100 Å². The predicted molar refractivity (Wildman–Crippen MR) is 139 cm³/mol. The van der Waals surface area contributed by atoms with Crippen LogP contribution in [0.2, 0.25) is 0 Å². The molecule has 4 fully saturated rings. The quantitative estimate of drug-likeness (QED) is 0.181. The van der Waals surface area contributed by atoms with Crippen LogP contribution in [-0.2, 0) is 29.2 Å². The summed E-state index contributed by atoms with van der Waals surface area (Å²) in [5.74, 6) is 1.47. The fraction of sp³-hybridized carbons (Fsp3) is 1.00. The molecule has 0 aliphatic heterocycles. The van der Waals surface area contributed by atoms with Crippen LogP contribution in [0.3, 0.4) is 0 Å². The molecule has 0 saturated heterocycles. The Hall–Kier alpha value is 1.70. The summed E-state index contributed by atoms with van der Waals surface area (Å²) >= 11 is 0. The van der Waals surface area contributed by atoms with Crippen LogP contribution in [0, 0.1) is 52.3 Å². The summed E-state index contributed by atoms with van der Waals surface area (Å²) in [7, 11) is -9.88. The Labute approximate surface area is 286 Å². The molecule has 0 spiro atoms. The van der Waals surface area contributed by atoms with Gasteiger partial charge >= 0.3 is 59.1 Å². The van der Waals surface area contributed by atoms with E-state index in [2.05, 4.69) is 34.6 Å². The van der Waals surface area contributed by atoms with Crippen LogP contribution in [0.15, 0.2) is 0 Å². The van der Waals surface area contributed by atoms with Crippen LogP contribution < -0.4 is 59.1 Å². The second-order valence-electron chi connectivity index (χ2n) is 13.8. The maximum absolute atomic E-state index is 11.8. The molecule has 0 radical (unpaired) electrons. The molecule has 0 aromatic carbocycles. The van der Waals surface area contributed by atoms with Gasteiger partial charge in [-0.1, -0.05) is 34.6 Å². The molecule has 0 heterocycles. The summed E-state index contributed by atoms with van der Waals surface area (Å²) in [6.07, 6.45) is 5.27. The van der Waals surface area contributed by atoms with Gasteiger partial charge in [0.2, 0.25) is 20.8 Å². The van der Waals surface area contributed by atoms with Gasteiger partial charge in [-0.2, -0.15) is 0 Å². The van der Waals surface area contributed by atoms with Crippen LogP contribution in [0.4, 0.5) is 0 Å². The molecule has 0 aromatic heterocycles. The van der Waals surface area contributed by atoms with E-state index in [1.807, 2.05) is 0 Å². The summed E-state index contributed by atoms with van der Waals surface area (Å²) < 4.78 is 79.1. The van der Waals surface area contributed by atoms with Crippen molar-refractivity contribution in [1.29, 1.82) is 0 Å². The first kappa shape index (κ1) is 37.9. The van der Waals surface area contributed by atoms with Gasteiger partial charge in [0.05, 0.1) is 18.3 Å². The maximum Gasteiger partial charge on any atom is 1.00 e. The molecule has 1 N–H and O–H groups in total. The standard InChI is InChI=1S/C27H48O9S2.2Na/c1-16(2)6-9-24(28)17(3)20-7-8-21-19-15-25(36-38(32,33)34)23-14-18(35-37(29,30)31)10-12-27(23,5)22(19)11-13-26(20,21)4;;/h16-25,28H,6-15H2,1-5H3,(H,29,30,31)(H,32,33,34);;/q;2*+1/p-2/t17-,18-,19-,20+,21-,22-,23?,24+,25-,26+,27+;;/m0../s1. The molecule has 0 amide bonds. The SMILES string of the molecule is CC(C)CC[C@@H](O)[C@@H](C)[C@H]1CC[C@H]2[C@@H]3C[C@H](OS(=O)(=O)[O-])C4C[C@@H](OS(=O)(=O)[O-])CC[C@]4(C)[C@H]3CC[C@]12C.[Na+].[Na+]. The number of fused-ring (bicyclic) bond motifs is 5. The third-order valence-corrected chi connectivity index (χ3v) is 12.4. The first-order valence-electron chi connectivity index (χ1n) is 14.4. The smallest absolute Gasteiger partial charge is 0.726 e. The Morgan fingerprint density at radius 1 is 0.800 bits per heavy atom. The Bertz CT molecular complexity index is 1070. The minimum Gasteiger partial charge on any atom is -0.726 e. The van der Waals surface area contributed by atoms with E-state index in [9.17, 15) is 31.0 Å². The van der Waals surface area contributed by atoms with Gasteiger partial charge in [-0.15, -0.1) is 0 Å². The minimum atomic E-state index is -4.98. The Kier molecular flexibility index (Phi) is 13.3. The molecule has 222 valence electrons. The average Bonchev–Trinajstić information content (AvgIpc) is 3.13. The van der Waals surface area contributed by atoms with Gasteiger partial charge < -0.3 is 14.2 Å². The van der Waals surface area contributed by atoms with Crippen molar-refractivity contribution in [2.45, 2.75) is 117 Å². The molecule has 0 bridgehead atoms. The monoisotopic (exact) mass is 624 g/mol. The van der Waals surface area contributed by atoms with Gasteiger partial charge in [0.1, 0.15) is 0 Å². The number of rotatable bonds is 9. The fourth-order valence-electron chi connectivity index (χ4n) is 9.68. The van der Waals surface area contributed by atoms with Crippen molar-refractivity contribution in [2.75, 3.05) is 0 Å². The molecular formula is C27H46Na2O9S2. The van der Waals surface area contributed by atoms with Gasteiger partial charge in [-0.3, -0.25) is 8.37 Å². The molecule has 4 rings (SSSR count). The summed E-state index contributed by atoms with van der Waals surface area (Å²) in [4.78, 5) is 0. The summed E-state index contributed by atoms with van der Waals surface area (Å²) in [6.45, 7) is 11.0. The van der Waals surface area contributed by atoms with E-state index in [4.69, 9.17) is 8.37 Å². The Morgan fingerprint density at radius 2 is 1.38 bits per heavy atom. The van der Waals surface area contributed by atoms with E-state index in [0.717, 1.165) is 38.5 Å². The number of hydrogen-bond acceptors (Lipinski definition) is 9. The van der Waals surface area contributed by atoms with Crippen molar-refractivity contribution in [1.82, 2.24) is 0 Å². The van der Waals surface area contributed by atoms with Gasteiger partial charge in [0.25, 0.3) is 0 Å². The van der Waals surface area contributed by atoms with E-state index in [1.54, 1.807) is 0 Å². The molecule has 13 heteroatoms. The summed E-state index contributed by atoms with van der Waals surface area (Å²) in [5, 5.41) is 11.0. The molecule has 1 unspecified atom stereocenters. The Morgan fingerprint density at radius 3 is 1.95 bits per heavy atom. The van der Waals surface area contributed by atoms with E-state index in [0.29, 0.717) is 37.0 Å². The zero-order valence-electron chi connectivity index (χ0n) is 25.4. The van der Waals surface area contributed by atoms with Crippen molar-refractivity contribution >= 4 is 20.8 Å². The topological polar surface area (TPSA) is 153 Å². The van der Waals surface area contributed by atoms with Gasteiger partial charge in [-0.25, -0.2) is 16.8 Å². The van der Waals surface area contributed by atoms with Crippen LogP contribution >= 0.6 is 0 Å². The Balaban J connectivity index is 0.00000280. The molecule has 4 saturated carbocycles. The van der Waals surface area contributed by atoms with Crippen molar-refractivity contribution in [3.8, 4) is 0 Å². The molecular weight excluding hydrogens is 578 g/mol. The fourth-order valence-corrected chi connectivity index (χ4v) is 10.7. The zero-order chi connectivity index (χ0) is 28.3. The molecule has 4 aliphatic carbocycles. The van der Waals surface area contributed by atoms with E-state index >= 15 is 0 Å². The van der Waals surface area contributed by atoms with E-state index in [1.165, 1.54) is 0 Å². The second kappa shape index (κ2) is 14.0. The third kappa shape index (κ3) is 8.10. The molecule has 9 nitrogen and oxygen atoms in total. The largest absolute Gasteiger partial charge is 1.00 e. The van der Waals surface area contributed by atoms with Gasteiger partial charge in [0.15, 0.2) is 0 Å². The van der Waals surface area contributed by atoms with Crippen LogP contribution in [0.25, 0.3) is 0 Å². The maximum atomic E-state index is 11.8. The first-order chi connectivity index (χ1) is 17.4. The number of hydrogen-bond donors (Lipinski definition) is 1. The molecule has 4 aliphatic rings. The van der Waals surface area contributed by atoms with Crippen LogP contribution in [0.1, 0.15) is 98.8 Å².